The smallest absolute Gasteiger partial charge is 0.328 e. The van der Waals surface area contributed by atoms with E-state index in [0.29, 0.717) is 32.9 Å². The van der Waals surface area contributed by atoms with Crippen LogP contribution in [-0.2, 0) is 19.2 Å². The van der Waals surface area contributed by atoms with Gasteiger partial charge in [-0.05, 0) is 37.8 Å². The molecule has 9 heteroatoms. The average molecular weight is 462 g/mol. The van der Waals surface area contributed by atoms with Gasteiger partial charge in [-0.25, -0.2) is 4.79 Å². The van der Waals surface area contributed by atoms with Crippen LogP contribution in [-0.4, -0.2) is 46.5 Å². The van der Waals surface area contributed by atoms with Crippen LogP contribution in [0.3, 0.4) is 0 Å². The first-order chi connectivity index (χ1) is 16.1. The molecule has 3 aliphatic carbocycles. The zero-order valence-electron chi connectivity index (χ0n) is 18.5. The molecule has 1 fully saturated rings. The van der Waals surface area contributed by atoms with Crippen LogP contribution < -0.4 is 10.5 Å². The van der Waals surface area contributed by atoms with Crippen molar-refractivity contribution in [3.05, 3.63) is 58.2 Å². The van der Waals surface area contributed by atoms with E-state index in [1.165, 1.54) is 25.3 Å². The van der Waals surface area contributed by atoms with Gasteiger partial charge in [0, 0.05) is 34.3 Å². The Balaban J connectivity index is 1.73. The minimum atomic E-state index is -1.12. The standard InChI is InChI=1S/C25H22N2O7/c1-10-7-17(29)16-9-15-12(5-6-14-20(15)24(32)27(23(14)31)25(26)33)19(21(16)22(10)30)13-4-3-11(28)8-18(13)34-2/h3-5,7-8,14-15,19-20,28H,6,9H2,1-2H3,(H2,26,33)/t14-,15+,19+,20-/m0/s1. The first-order valence-corrected chi connectivity index (χ1v) is 10.9. The number of urea groups is 1. The van der Waals surface area contributed by atoms with Gasteiger partial charge in [-0.2, -0.15) is 4.90 Å². The number of nitrogens with two attached hydrogens (primary N) is 1. The molecule has 4 amide bonds. The number of allylic oxidation sites excluding steroid dienone is 6. The number of amides is 4. The summed E-state index contributed by atoms with van der Waals surface area (Å²) in [6, 6.07) is 3.38. The number of imide groups is 3. The molecule has 0 aromatic heterocycles. The molecular formula is C25H22N2O7. The van der Waals surface area contributed by atoms with Gasteiger partial charge in [-0.1, -0.05) is 17.7 Å². The number of benzene rings is 1. The van der Waals surface area contributed by atoms with Crippen LogP contribution in [0, 0.1) is 17.8 Å². The largest absolute Gasteiger partial charge is 0.508 e. The summed E-state index contributed by atoms with van der Waals surface area (Å²) in [5.74, 6) is -4.54. The Morgan fingerprint density at radius 3 is 2.56 bits per heavy atom. The maximum Gasteiger partial charge on any atom is 0.328 e. The number of carbonyl (C=O) groups is 5. The van der Waals surface area contributed by atoms with Gasteiger partial charge in [0.2, 0.25) is 11.8 Å². The zero-order chi connectivity index (χ0) is 24.5. The third-order valence-corrected chi connectivity index (χ3v) is 7.31. The van der Waals surface area contributed by atoms with Crippen LogP contribution in [0.4, 0.5) is 4.79 Å². The fourth-order valence-corrected chi connectivity index (χ4v) is 5.87. The third-order valence-electron chi connectivity index (χ3n) is 7.31. The molecule has 9 nitrogen and oxygen atoms in total. The lowest BCUT2D eigenvalue weighted by atomic mass is 9.59. The van der Waals surface area contributed by atoms with Crippen molar-refractivity contribution >= 4 is 29.4 Å². The fourth-order valence-electron chi connectivity index (χ4n) is 5.87. The molecule has 0 unspecified atom stereocenters. The number of aromatic hydroxyl groups is 1. The van der Waals surface area contributed by atoms with E-state index in [2.05, 4.69) is 0 Å². The van der Waals surface area contributed by atoms with Crippen LogP contribution in [0.1, 0.15) is 31.2 Å². The van der Waals surface area contributed by atoms with Crippen molar-refractivity contribution in [1.29, 1.82) is 0 Å². The molecule has 1 aromatic rings. The monoisotopic (exact) mass is 462 g/mol. The molecular weight excluding hydrogens is 440 g/mol. The Bertz CT molecular complexity index is 1300. The number of fused-ring (bicyclic) bond motifs is 3. The number of hydrogen-bond donors (Lipinski definition) is 2. The van der Waals surface area contributed by atoms with Crippen LogP contribution in [0.2, 0.25) is 0 Å². The minimum Gasteiger partial charge on any atom is -0.508 e. The van der Waals surface area contributed by atoms with E-state index in [4.69, 9.17) is 10.5 Å². The van der Waals surface area contributed by atoms with Crippen molar-refractivity contribution < 1.29 is 33.8 Å². The summed E-state index contributed by atoms with van der Waals surface area (Å²) in [6.45, 7) is 1.58. The maximum atomic E-state index is 13.3. The number of ketones is 2. The second kappa shape index (κ2) is 7.51. The van der Waals surface area contributed by atoms with Crippen LogP contribution in [0.15, 0.2) is 52.6 Å². The number of hydrogen-bond acceptors (Lipinski definition) is 7. The molecule has 0 bridgehead atoms. The lowest BCUT2D eigenvalue weighted by Gasteiger charge is -2.42. The van der Waals surface area contributed by atoms with Crippen molar-refractivity contribution in [3.63, 3.8) is 0 Å². The molecule has 0 radical (unpaired) electrons. The maximum absolute atomic E-state index is 13.3. The fraction of sp³-hybridized carbons (Fsp3) is 0.320. The second-order valence-electron chi connectivity index (χ2n) is 9.01. The first kappa shape index (κ1) is 21.8. The van der Waals surface area contributed by atoms with Gasteiger partial charge < -0.3 is 15.6 Å². The van der Waals surface area contributed by atoms with Gasteiger partial charge in [0.1, 0.15) is 11.5 Å². The lowest BCUT2D eigenvalue weighted by molar-refractivity contribution is -0.136. The molecule has 1 heterocycles. The number of methoxy groups -OCH3 is 1. The van der Waals surface area contributed by atoms with Crippen LogP contribution in [0.5, 0.6) is 11.5 Å². The Hall–Kier alpha value is -4.01. The quantitative estimate of drug-likeness (QED) is 0.388. The molecule has 174 valence electrons. The molecule has 0 saturated carbocycles. The molecule has 1 saturated heterocycles. The minimum absolute atomic E-state index is 0.0318. The van der Waals surface area contributed by atoms with Gasteiger partial charge >= 0.3 is 6.03 Å². The van der Waals surface area contributed by atoms with Crippen LogP contribution >= 0.6 is 0 Å². The molecule has 5 rings (SSSR count). The van der Waals surface area contributed by atoms with Gasteiger partial charge in [-0.15, -0.1) is 0 Å². The Morgan fingerprint density at radius 1 is 1.15 bits per heavy atom. The summed E-state index contributed by atoms with van der Waals surface area (Å²) in [5, 5.41) is 9.97. The zero-order valence-corrected chi connectivity index (χ0v) is 18.5. The van der Waals surface area contributed by atoms with E-state index < -0.39 is 41.5 Å². The topological polar surface area (TPSA) is 144 Å². The number of carbonyl (C=O) groups excluding carboxylic acids is 5. The Morgan fingerprint density at radius 2 is 1.88 bits per heavy atom. The number of ether oxygens (including phenoxy) is 1. The number of nitrogens with zero attached hydrogens (tertiary/aromatic N) is 1. The van der Waals surface area contributed by atoms with Gasteiger partial charge in [0.05, 0.1) is 18.9 Å². The van der Waals surface area contributed by atoms with E-state index >= 15 is 0 Å². The molecule has 1 aliphatic heterocycles. The second-order valence-corrected chi connectivity index (χ2v) is 9.01. The van der Waals surface area contributed by atoms with E-state index in [1.54, 1.807) is 13.0 Å². The van der Waals surface area contributed by atoms with E-state index in [-0.39, 0.29) is 35.7 Å². The first-order valence-electron chi connectivity index (χ1n) is 10.9. The SMILES string of the molecule is COc1cc(O)ccc1[C@H]1C2=CC[C@@H]3C(=O)N(C(N)=O)C(=O)[C@@H]3[C@@H]2CC2=C1C(=O)C(C)=CC2=O. The number of primary amides is 1. The predicted molar refractivity (Wildman–Crippen MR) is 117 cm³/mol. The lowest BCUT2D eigenvalue weighted by Crippen LogP contribution is -2.42. The number of likely N-dealkylation sites (tertiary alicyclic amines) is 1. The number of phenols is 1. The Kier molecular flexibility index (Phi) is 4.82. The molecule has 4 atom stereocenters. The third kappa shape index (κ3) is 2.89. The van der Waals surface area contributed by atoms with Crippen LogP contribution in [0.25, 0.3) is 0 Å². The Labute approximate surface area is 194 Å². The highest BCUT2D eigenvalue weighted by atomic mass is 16.5. The van der Waals surface area contributed by atoms with Gasteiger partial charge in [0.15, 0.2) is 11.6 Å². The average Bonchev–Trinajstić information content (AvgIpc) is 3.06. The van der Waals surface area contributed by atoms with Gasteiger partial charge in [0.25, 0.3) is 0 Å². The summed E-state index contributed by atoms with van der Waals surface area (Å²) in [7, 11) is 1.43. The van der Waals surface area contributed by atoms with Crippen molar-refractivity contribution in [1.82, 2.24) is 4.90 Å². The highest BCUT2D eigenvalue weighted by Crippen LogP contribution is 2.56. The van der Waals surface area contributed by atoms with Crippen molar-refractivity contribution in [2.75, 3.05) is 7.11 Å². The summed E-state index contributed by atoms with van der Waals surface area (Å²) in [4.78, 5) is 64.6. The summed E-state index contributed by atoms with van der Waals surface area (Å²) >= 11 is 0. The normalized spacial score (nSPS) is 28.2. The summed E-state index contributed by atoms with van der Waals surface area (Å²) in [6.07, 6.45) is 3.41. The summed E-state index contributed by atoms with van der Waals surface area (Å²) in [5.41, 5.74) is 7.49. The van der Waals surface area contributed by atoms with Crippen molar-refractivity contribution in [2.45, 2.75) is 25.7 Å². The highest BCUT2D eigenvalue weighted by molar-refractivity contribution is 6.24. The molecule has 0 spiro atoms. The number of rotatable bonds is 2. The molecule has 34 heavy (non-hydrogen) atoms. The van der Waals surface area contributed by atoms with E-state index in [0.717, 1.165) is 0 Å². The van der Waals surface area contributed by atoms with Crippen molar-refractivity contribution in [2.24, 2.45) is 23.5 Å². The number of phenolic OH excluding ortho intramolecular Hbond substituents is 1. The number of Topliss-reactive ketones (excluding diaryl/α,β-unsaturated/α-hetero) is 1. The van der Waals surface area contributed by atoms with Gasteiger partial charge in [-0.3, -0.25) is 19.2 Å². The molecule has 3 N–H and O–H groups in total. The van der Waals surface area contributed by atoms with E-state index in [9.17, 15) is 29.1 Å². The van der Waals surface area contributed by atoms with E-state index in [1.807, 2.05) is 6.08 Å². The summed E-state index contributed by atoms with van der Waals surface area (Å²) < 4.78 is 5.49. The van der Waals surface area contributed by atoms with Crippen molar-refractivity contribution in [3.8, 4) is 11.5 Å². The highest BCUT2D eigenvalue weighted by Gasteiger charge is 2.57. The molecule has 1 aromatic carbocycles. The predicted octanol–water partition coefficient (Wildman–Crippen LogP) is 1.91. The molecule has 4 aliphatic rings.